The number of aromatic nitrogens is 1. The molecule has 1 saturated heterocycles. The number of nitrogens with zero attached hydrogens (tertiary/aromatic N) is 2. The molecule has 0 saturated carbocycles. The largest absolute Gasteiger partial charge is 0.480 e. The summed E-state index contributed by atoms with van der Waals surface area (Å²) in [5.74, 6) is 0.0147. The van der Waals surface area contributed by atoms with Gasteiger partial charge in [0.25, 0.3) is 0 Å². The first-order valence-corrected chi connectivity index (χ1v) is 7.19. The first-order chi connectivity index (χ1) is 10.2. The van der Waals surface area contributed by atoms with Crippen LogP contribution in [0.3, 0.4) is 0 Å². The van der Waals surface area contributed by atoms with Crippen LogP contribution in [-0.2, 0) is 4.79 Å². The van der Waals surface area contributed by atoms with Crippen molar-refractivity contribution >= 4 is 11.8 Å². The number of rotatable bonds is 3. The summed E-state index contributed by atoms with van der Waals surface area (Å²) in [5, 5.41) is 9.41. The van der Waals surface area contributed by atoms with Gasteiger partial charge in [-0.1, -0.05) is 30.3 Å². The molecule has 1 fully saturated rings. The molecule has 0 radical (unpaired) electrons. The predicted octanol–water partition coefficient (Wildman–Crippen LogP) is 3.11. The van der Waals surface area contributed by atoms with Crippen LogP contribution < -0.4 is 4.90 Å². The number of carboxylic acids is 1. The van der Waals surface area contributed by atoms with Crippen LogP contribution in [0, 0.1) is 6.92 Å². The number of pyridine rings is 1. The van der Waals surface area contributed by atoms with Gasteiger partial charge in [0, 0.05) is 18.3 Å². The monoisotopic (exact) mass is 282 g/mol. The fourth-order valence-electron chi connectivity index (χ4n) is 3.00. The van der Waals surface area contributed by atoms with Crippen molar-refractivity contribution in [3.05, 3.63) is 48.2 Å². The van der Waals surface area contributed by atoms with Gasteiger partial charge in [-0.05, 0) is 37.0 Å². The number of benzene rings is 1. The molecule has 1 aliphatic rings. The summed E-state index contributed by atoms with van der Waals surface area (Å²) in [4.78, 5) is 17.9. The summed E-state index contributed by atoms with van der Waals surface area (Å²) in [6.45, 7) is 2.78. The highest BCUT2D eigenvalue weighted by molar-refractivity contribution is 5.84. The zero-order valence-electron chi connectivity index (χ0n) is 12.0. The molecule has 21 heavy (non-hydrogen) atoms. The van der Waals surface area contributed by atoms with E-state index in [4.69, 9.17) is 0 Å². The van der Waals surface area contributed by atoms with E-state index in [2.05, 4.69) is 4.98 Å². The van der Waals surface area contributed by atoms with Crippen molar-refractivity contribution in [1.82, 2.24) is 4.98 Å². The van der Waals surface area contributed by atoms with Crippen LogP contribution >= 0.6 is 0 Å². The molecular formula is C17H18N2O2. The van der Waals surface area contributed by atoms with Crippen molar-refractivity contribution in [2.75, 3.05) is 11.4 Å². The second-order valence-electron chi connectivity index (χ2n) is 5.38. The van der Waals surface area contributed by atoms with Crippen LogP contribution in [-0.4, -0.2) is 28.6 Å². The highest BCUT2D eigenvalue weighted by atomic mass is 16.4. The maximum atomic E-state index is 11.4. The summed E-state index contributed by atoms with van der Waals surface area (Å²) < 4.78 is 0. The lowest BCUT2D eigenvalue weighted by molar-refractivity contribution is -0.138. The van der Waals surface area contributed by atoms with Gasteiger partial charge in [-0.15, -0.1) is 0 Å². The third kappa shape index (κ3) is 2.49. The number of anilines is 1. The molecule has 1 atom stereocenters. The molecule has 0 aliphatic carbocycles. The third-order valence-electron chi connectivity index (χ3n) is 4.01. The van der Waals surface area contributed by atoms with Crippen LogP contribution in [0.5, 0.6) is 0 Å². The van der Waals surface area contributed by atoms with E-state index < -0.39 is 12.0 Å². The average molecular weight is 282 g/mol. The summed E-state index contributed by atoms with van der Waals surface area (Å²) in [7, 11) is 0. The summed E-state index contributed by atoms with van der Waals surface area (Å²) in [6, 6.07) is 11.5. The van der Waals surface area contributed by atoms with E-state index in [9.17, 15) is 9.90 Å². The van der Waals surface area contributed by atoms with Gasteiger partial charge >= 0.3 is 5.97 Å². The van der Waals surface area contributed by atoms with Gasteiger partial charge in [-0.3, -0.25) is 0 Å². The van der Waals surface area contributed by atoms with Crippen LogP contribution in [0.2, 0.25) is 0 Å². The number of hydrogen-bond acceptors (Lipinski definition) is 3. The van der Waals surface area contributed by atoms with Gasteiger partial charge in [-0.2, -0.15) is 0 Å². The van der Waals surface area contributed by atoms with Crippen LogP contribution in [0.25, 0.3) is 11.1 Å². The van der Waals surface area contributed by atoms with Crippen LogP contribution in [0.4, 0.5) is 5.82 Å². The predicted molar refractivity (Wildman–Crippen MR) is 82.4 cm³/mol. The van der Waals surface area contributed by atoms with Gasteiger partial charge < -0.3 is 10.0 Å². The maximum absolute atomic E-state index is 11.4. The Bertz CT molecular complexity index is 655. The molecule has 1 aromatic heterocycles. The minimum Gasteiger partial charge on any atom is -0.480 e. The number of aryl methyl sites for hydroxylation is 1. The molecule has 2 aromatic rings. The number of hydrogen-bond donors (Lipinski definition) is 1. The van der Waals surface area contributed by atoms with Crippen LogP contribution in [0.15, 0.2) is 42.6 Å². The van der Waals surface area contributed by atoms with Gasteiger partial charge in [-0.25, -0.2) is 9.78 Å². The van der Waals surface area contributed by atoms with Gasteiger partial charge in [0.1, 0.15) is 11.9 Å². The Morgan fingerprint density at radius 3 is 2.76 bits per heavy atom. The van der Waals surface area contributed by atoms with Crippen molar-refractivity contribution in [3.8, 4) is 11.1 Å². The number of carboxylic acid groups (broad SMARTS) is 1. The fourth-order valence-corrected chi connectivity index (χ4v) is 3.00. The van der Waals surface area contributed by atoms with E-state index in [1.807, 2.05) is 48.2 Å². The molecule has 4 heteroatoms. The second-order valence-corrected chi connectivity index (χ2v) is 5.38. The topological polar surface area (TPSA) is 53.4 Å². The molecule has 1 aromatic carbocycles. The SMILES string of the molecule is Cc1ccnc(N2CCC[C@H]2C(=O)O)c1-c1ccccc1. The Morgan fingerprint density at radius 1 is 1.29 bits per heavy atom. The maximum Gasteiger partial charge on any atom is 0.326 e. The van der Waals surface area contributed by atoms with Crippen molar-refractivity contribution < 1.29 is 9.90 Å². The first-order valence-electron chi connectivity index (χ1n) is 7.19. The second kappa shape index (κ2) is 5.56. The van der Waals surface area contributed by atoms with Crippen molar-refractivity contribution in [3.63, 3.8) is 0 Å². The van der Waals surface area contributed by atoms with E-state index in [0.717, 1.165) is 35.5 Å². The molecule has 1 aliphatic heterocycles. The molecular weight excluding hydrogens is 264 g/mol. The molecule has 0 bridgehead atoms. The van der Waals surface area contributed by atoms with Crippen molar-refractivity contribution in [2.45, 2.75) is 25.8 Å². The van der Waals surface area contributed by atoms with E-state index >= 15 is 0 Å². The average Bonchev–Trinajstić information content (AvgIpc) is 2.97. The fraction of sp³-hybridized carbons (Fsp3) is 0.294. The van der Waals surface area contributed by atoms with E-state index in [-0.39, 0.29) is 0 Å². The summed E-state index contributed by atoms with van der Waals surface area (Å²) in [5.41, 5.74) is 3.22. The minimum atomic E-state index is -0.769. The Hall–Kier alpha value is -2.36. The lowest BCUT2D eigenvalue weighted by atomic mass is 10.0. The van der Waals surface area contributed by atoms with Gasteiger partial charge in [0.15, 0.2) is 0 Å². The quantitative estimate of drug-likeness (QED) is 0.939. The zero-order valence-corrected chi connectivity index (χ0v) is 12.0. The molecule has 0 spiro atoms. The zero-order chi connectivity index (χ0) is 14.8. The summed E-state index contributed by atoms with van der Waals surface area (Å²) in [6.07, 6.45) is 3.33. The normalized spacial score (nSPS) is 18.0. The Morgan fingerprint density at radius 2 is 2.05 bits per heavy atom. The molecule has 2 heterocycles. The highest BCUT2D eigenvalue weighted by Gasteiger charge is 2.33. The molecule has 0 unspecified atom stereocenters. The van der Waals surface area contributed by atoms with Crippen LogP contribution in [0.1, 0.15) is 18.4 Å². The molecule has 3 rings (SSSR count). The Balaban J connectivity index is 2.11. The van der Waals surface area contributed by atoms with Crippen molar-refractivity contribution in [2.24, 2.45) is 0 Å². The summed E-state index contributed by atoms with van der Waals surface area (Å²) >= 11 is 0. The lowest BCUT2D eigenvalue weighted by Gasteiger charge is -2.26. The standard InChI is InChI=1S/C17H18N2O2/c1-12-9-10-18-16(15(12)13-6-3-2-4-7-13)19-11-5-8-14(19)17(20)21/h2-4,6-7,9-10,14H,5,8,11H2,1H3,(H,20,21)/t14-/m0/s1. The van der Waals surface area contributed by atoms with E-state index in [1.165, 1.54) is 0 Å². The smallest absolute Gasteiger partial charge is 0.326 e. The molecule has 0 amide bonds. The highest BCUT2D eigenvalue weighted by Crippen LogP contribution is 2.35. The molecule has 1 N–H and O–H groups in total. The Kier molecular flexibility index (Phi) is 3.60. The van der Waals surface area contributed by atoms with Crippen molar-refractivity contribution in [1.29, 1.82) is 0 Å². The number of aliphatic carboxylic acids is 1. The lowest BCUT2D eigenvalue weighted by Crippen LogP contribution is -2.36. The molecule has 4 nitrogen and oxygen atoms in total. The Labute approximate surface area is 124 Å². The minimum absolute atomic E-state index is 0.471. The van der Waals surface area contributed by atoms with E-state index in [1.54, 1.807) is 6.20 Å². The third-order valence-corrected chi connectivity index (χ3v) is 4.01. The molecule has 108 valence electrons. The number of carbonyl (C=O) groups is 1. The van der Waals surface area contributed by atoms with Gasteiger partial charge in [0.2, 0.25) is 0 Å². The van der Waals surface area contributed by atoms with E-state index in [0.29, 0.717) is 6.42 Å². The van der Waals surface area contributed by atoms with Gasteiger partial charge in [0.05, 0.1) is 0 Å². The first kappa shape index (κ1) is 13.6.